The van der Waals surface area contributed by atoms with Gasteiger partial charge in [-0.1, -0.05) is 97.1 Å². The Bertz CT molecular complexity index is 2630. The van der Waals surface area contributed by atoms with Crippen LogP contribution in [-0.2, 0) is 0 Å². The first kappa shape index (κ1) is 25.1. The van der Waals surface area contributed by atoms with Crippen LogP contribution in [0.5, 0.6) is 23.0 Å². The summed E-state index contributed by atoms with van der Waals surface area (Å²) >= 11 is 0. The Balaban J connectivity index is 1.38. The Morgan fingerprint density at radius 3 is 1.87 bits per heavy atom. The lowest BCUT2D eigenvalue weighted by Crippen LogP contribution is -2.02. The third kappa shape index (κ3) is 3.55. The summed E-state index contributed by atoms with van der Waals surface area (Å²) in [6, 6.07) is 55.2. The highest BCUT2D eigenvalue weighted by molar-refractivity contribution is 6.27. The molecule has 4 nitrogen and oxygen atoms in total. The zero-order valence-electron chi connectivity index (χ0n) is 24.7. The van der Waals surface area contributed by atoms with Gasteiger partial charge in [0.2, 0.25) is 0 Å². The number of benzene rings is 7. The Morgan fingerprint density at radius 2 is 1.02 bits per heavy atom. The molecule has 0 bridgehead atoms. The van der Waals surface area contributed by atoms with Gasteiger partial charge < -0.3 is 18.6 Å². The number of ether oxygens (including phenoxy) is 2. The predicted molar refractivity (Wildman–Crippen MR) is 187 cm³/mol. The molecule has 46 heavy (non-hydrogen) atoms. The molecule has 9 aromatic rings. The number of para-hydroxylation sites is 4. The van der Waals surface area contributed by atoms with Crippen LogP contribution in [0.1, 0.15) is 0 Å². The van der Waals surface area contributed by atoms with E-state index in [4.69, 9.17) is 9.47 Å². The molecule has 1 aliphatic rings. The number of hydrogen-bond acceptors (Lipinski definition) is 2. The molecule has 216 valence electrons. The second-order valence-electron chi connectivity index (χ2n) is 11.7. The number of fused-ring (bicyclic) bond motifs is 10. The highest BCUT2D eigenvalue weighted by Gasteiger charge is 2.28. The van der Waals surface area contributed by atoms with E-state index >= 15 is 0 Å². The summed E-state index contributed by atoms with van der Waals surface area (Å²) in [6.45, 7) is 0. The smallest absolute Gasteiger partial charge is 0.194 e. The molecule has 4 heteroatoms. The first-order chi connectivity index (χ1) is 22.8. The molecule has 0 spiro atoms. The van der Waals surface area contributed by atoms with Crippen molar-refractivity contribution in [1.82, 2.24) is 9.13 Å². The van der Waals surface area contributed by atoms with E-state index in [1.54, 1.807) is 0 Å². The van der Waals surface area contributed by atoms with Crippen LogP contribution in [0.4, 0.5) is 0 Å². The van der Waals surface area contributed by atoms with E-state index in [-0.39, 0.29) is 0 Å². The van der Waals surface area contributed by atoms with Crippen molar-refractivity contribution in [2.24, 2.45) is 0 Å². The molecule has 7 aromatic carbocycles. The summed E-state index contributed by atoms with van der Waals surface area (Å²) in [5.41, 5.74) is 8.93. The molecule has 0 fully saturated rings. The Morgan fingerprint density at radius 1 is 0.370 bits per heavy atom. The number of aromatic nitrogens is 2. The van der Waals surface area contributed by atoms with E-state index in [2.05, 4.69) is 137 Å². The average molecular weight is 591 g/mol. The van der Waals surface area contributed by atoms with Gasteiger partial charge in [0.1, 0.15) is 5.52 Å². The molecule has 0 atom stereocenters. The molecule has 2 aromatic heterocycles. The van der Waals surface area contributed by atoms with Gasteiger partial charge in [-0.2, -0.15) is 0 Å². The Hall–Kier alpha value is -6.26. The molecule has 0 aliphatic carbocycles. The summed E-state index contributed by atoms with van der Waals surface area (Å²) in [4.78, 5) is 0. The molecule has 10 rings (SSSR count). The number of hydrogen-bond donors (Lipinski definition) is 0. The van der Waals surface area contributed by atoms with Crippen molar-refractivity contribution in [3.05, 3.63) is 158 Å². The molecular weight excluding hydrogens is 564 g/mol. The van der Waals surface area contributed by atoms with Crippen molar-refractivity contribution in [1.29, 1.82) is 0 Å². The molecule has 1 aliphatic heterocycles. The van der Waals surface area contributed by atoms with Crippen LogP contribution >= 0.6 is 0 Å². The van der Waals surface area contributed by atoms with Crippen molar-refractivity contribution < 1.29 is 9.47 Å². The summed E-state index contributed by atoms with van der Waals surface area (Å²) < 4.78 is 17.9. The summed E-state index contributed by atoms with van der Waals surface area (Å²) in [5, 5.41) is 4.71. The molecule has 0 N–H and O–H groups in total. The van der Waals surface area contributed by atoms with E-state index in [0.717, 1.165) is 39.1 Å². The van der Waals surface area contributed by atoms with Gasteiger partial charge in [0, 0.05) is 32.9 Å². The summed E-state index contributed by atoms with van der Waals surface area (Å²) in [5.74, 6) is 2.85. The third-order valence-corrected chi connectivity index (χ3v) is 9.15. The minimum Gasteiger partial charge on any atom is -0.449 e. The second kappa shape index (κ2) is 9.62. The first-order valence-electron chi connectivity index (χ1n) is 15.5. The second-order valence-corrected chi connectivity index (χ2v) is 11.7. The first-order valence-corrected chi connectivity index (χ1v) is 15.5. The molecule has 0 radical (unpaired) electrons. The zero-order chi connectivity index (χ0) is 30.2. The molecule has 3 heterocycles. The van der Waals surface area contributed by atoms with Gasteiger partial charge in [0.05, 0.1) is 16.6 Å². The van der Waals surface area contributed by atoms with Crippen LogP contribution in [0.25, 0.3) is 66.1 Å². The highest BCUT2D eigenvalue weighted by atomic mass is 16.6. The van der Waals surface area contributed by atoms with Gasteiger partial charge in [0.15, 0.2) is 23.0 Å². The quantitative estimate of drug-likeness (QED) is 0.205. The minimum atomic E-state index is 0.703. The van der Waals surface area contributed by atoms with Crippen LogP contribution in [-0.4, -0.2) is 9.13 Å². The fourth-order valence-corrected chi connectivity index (χ4v) is 7.19. The van der Waals surface area contributed by atoms with Gasteiger partial charge in [-0.15, -0.1) is 0 Å². The number of nitrogens with zero attached hydrogens (tertiary/aromatic N) is 2. The van der Waals surface area contributed by atoms with Crippen molar-refractivity contribution >= 4 is 43.6 Å². The van der Waals surface area contributed by atoms with Gasteiger partial charge >= 0.3 is 0 Å². The largest absolute Gasteiger partial charge is 0.449 e. The van der Waals surface area contributed by atoms with E-state index in [9.17, 15) is 0 Å². The maximum absolute atomic E-state index is 6.73. The van der Waals surface area contributed by atoms with Gasteiger partial charge in [-0.3, -0.25) is 0 Å². The van der Waals surface area contributed by atoms with Gasteiger partial charge in [0.25, 0.3) is 0 Å². The van der Waals surface area contributed by atoms with Crippen molar-refractivity contribution in [2.75, 3.05) is 0 Å². The average Bonchev–Trinajstić information content (AvgIpc) is 3.65. The van der Waals surface area contributed by atoms with Crippen molar-refractivity contribution in [2.45, 2.75) is 0 Å². The third-order valence-electron chi connectivity index (χ3n) is 9.15. The maximum atomic E-state index is 6.73. The van der Waals surface area contributed by atoms with Crippen LogP contribution in [0.15, 0.2) is 158 Å². The van der Waals surface area contributed by atoms with E-state index in [0.29, 0.717) is 17.2 Å². The lowest BCUT2D eigenvalue weighted by atomic mass is 10.1. The fraction of sp³-hybridized carbons (Fsp3) is 0. The Kier molecular flexibility index (Phi) is 5.25. The van der Waals surface area contributed by atoms with Crippen LogP contribution in [0.3, 0.4) is 0 Å². The predicted octanol–water partition coefficient (Wildman–Crippen LogP) is 11.4. The van der Waals surface area contributed by atoms with Crippen LogP contribution in [0, 0.1) is 0 Å². The van der Waals surface area contributed by atoms with E-state index in [1.807, 2.05) is 30.3 Å². The van der Waals surface area contributed by atoms with Crippen LogP contribution in [0.2, 0.25) is 0 Å². The van der Waals surface area contributed by atoms with E-state index in [1.165, 1.54) is 32.8 Å². The van der Waals surface area contributed by atoms with Gasteiger partial charge in [-0.25, -0.2) is 0 Å². The fourth-order valence-electron chi connectivity index (χ4n) is 7.19. The van der Waals surface area contributed by atoms with E-state index < -0.39 is 0 Å². The monoisotopic (exact) mass is 590 g/mol. The SMILES string of the molecule is c1ccc(-c2cccc(-n3c4ccc5c6ccccc6n(-c6ccccc6)c5c4c4ccc5c(c43)Oc3ccccc3O5)c2)cc1. The molecular formula is C42H26N2O2. The maximum Gasteiger partial charge on any atom is 0.194 e. The Labute approximate surface area is 264 Å². The molecule has 0 unspecified atom stereocenters. The minimum absolute atomic E-state index is 0.703. The lowest BCUT2D eigenvalue weighted by Gasteiger charge is -2.22. The van der Waals surface area contributed by atoms with Crippen LogP contribution < -0.4 is 9.47 Å². The molecule has 0 saturated carbocycles. The normalized spacial score (nSPS) is 12.3. The lowest BCUT2D eigenvalue weighted by molar-refractivity contribution is 0.362. The molecule has 0 amide bonds. The molecule has 0 saturated heterocycles. The summed E-state index contributed by atoms with van der Waals surface area (Å²) in [6.07, 6.45) is 0. The van der Waals surface area contributed by atoms with Crippen molar-refractivity contribution in [3.63, 3.8) is 0 Å². The number of rotatable bonds is 3. The van der Waals surface area contributed by atoms with Crippen molar-refractivity contribution in [3.8, 4) is 45.5 Å². The zero-order valence-corrected chi connectivity index (χ0v) is 24.7. The topological polar surface area (TPSA) is 28.3 Å². The van der Waals surface area contributed by atoms with Gasteiger partial charge in [-0.05, 0) is 71.8 Å². The summed E-state index contributed by atoms with van der Waals surface area (Å²) in [7, 11) is 0. The standard InChI is InChI=1S/C42H26N2O2/c1-3-12-27(13-4-1)28-14-11-17-30(26-28)44-35-24-22-32-31-18-7-8-19-34(31)43(29-15-5-2-6-16-29)40(32)39(35)33-23-25-38-42(41(33)44)46-37-21-10-9-20-36(37)45-38/h1-26H. The highest BCUT2D eigenvalue weighted by Crippen LogP contribution is 2.52.